The second kappa shape index (κ2) is 2.25. The summed E-state index contributed by atoms with van der Waals surface area (Å²) in [5, 5.41) is 0. The number of hydrogen-bond donors (Lipinski definition) is 0. The van der Waals surface area contributed by atoms with Crippen LogP contribution in [0.15, 0.2) is 0 Å². The van der Waals surface area contributed by atoms with E-state index in [-0.39, 0.29) is 0 Å². The van der Waals surface area contributed by atoms with Crippen LogP contribution in [0.25, 0.3) is 0 Å². The van der Waals surface area contributed by atoms with Crippen LogP contribution in [0.3, 0.4) is 0 Å². The molecule has 0 aromatic rings. The molecule has 0 aromatic carbocycles. The molecule has 0 N–H and O–H groups in total. The first-order valence-corrected chi connectivity index (χ1v) is 4.75. The van der Waals surface area contributed by atoms with Crippen molar-refractivity contribution in [2.75, 3.05) is 0 Å². The Morgan fingerprint density at radius 2 is 1.50 bits per heavy atom. The zero-order valence-corrected chi connectivity index (χ0v) is 8.30. The Balaban J connectivity index is 3.17. The van der Waals surface area contributed by atoms with E-state index in [1.54, 1.807) is 0 Å². The molecule has 0 bridgehead atoms. The quantitative estimate of drug-likeness (QED) is 0.576. The standard InChI is InChI=1S/C5H11.Hf/c1-5(2,3)4;/h1H2,2-4H3;. The second-order valence-electron chi connectivity index (χ2n) is 2.74. The Hall–Kier alpha value is 0.870. The Morgan fingerprint density at radius 1 is 1.33 bits per heavy atom. The van der Waals surface area contributed by atoms with Crippen LogP contribution in [0.1, 0.15) is 20.8 Å². The third-order valence-electron chi connectivity index (χ3n) is 0.530. The second-order valence-corrected chi connectivity index (χ2v) is 4.01. The van der Waals surface area contributed by atoms with Gasteiger partial charge in [0, 0.05) is 0 Å². The molecule has 0 aliphatic rings. The van der Waals surface area contributed by atoms with Crippen molar-refractivity contribution in [2.24, 2.45) is 5.41 Å². The van der Waals surface area contributed by atoms with Crippen LogP contribution in [-0.2, 0) is 24.4 Å². The SMILES string of the molecule is CC(C)(C)[CH2][Hf]. The summed E-state index contributed by atoms with van der Waals surface area (Å²) in [5.41, 5.74) is 0.603. The van der Waals surface area contributed by atoms with E-state index < -0.39 is 0 Å². The molecule has 0 aromatic heterocycles. The van der Waals surface area contributed by atoms with Crippen molar-refractivity contribution in [3.8, 4) is 0 Å². The van der Waals surface area contributed by atoms with Crippen LogP contribution in [0.5, 0.6) is 0 Å². The van der Waals surface area contributed by atoms with Crippen LogP contribution in [0.4, 0.5) is 0 Å². The maximum atomic E-state index is 2.28. The molecule has 6 heavy (non-hydrogen) atoms. The summed E-state index contributed by atoms with van der Waals surface area (Å²) in [7, 11) is 0. The Morgan fingerprint density at radius 3 is 1.50 bits per heavy atom. The molecule has 0 aliphatic heterocycles. The van der Waals surface area contributed by atoms with E-state index in [1.165, 1.54) is 28.6 Å². The summed E-state index contributed by atoms with van der Waals surface area (Å²) in [6, 6.07) is 0. The molecule has 0 atom stereocenters. The molecule has 0 heterocycles. The summed E-state index contributed by atoms with van der Waals surface area (Å²) < 4.78 is 1.41. The third kappa shape index (κ3) is 4.87. The molecule has 0 aliphatic carbocycles. The first-order valence-electron chi connectivity index (χ1n) is 2.21. The molecule has 35 valence electrons. The van der Waals surface area contributed by atoms with Gasteiger partial charge in [0.1, 0.15) is 0 Å². The predicted octanol–water partition coefficient (Wildman–Crippen LogP) is 2.00. The van der Waals surface area contributed by atoms with Crippen molar-refractivity contribution in [3.05, 3.63) is 0 Å². The van der Waals surface area contributed by atoms with Gasteiger partial charge in [-0.1, -0.05) is 0 Å². The molecule has 0 rings (SSSR count). The molecule has 1 heteroatoms. The molecule has 0 spiro atoms. The van der Waals surface area contributed by atoms with Gasteiger partial charge in [0.2, 0.25) is 0 Å². The van der Waals surface area contributed by atoms with Gasteiger partial charge in [-0.2, -0.15) is 0 Å². The van der Waals surface area contributed by atoms with Gasteiger partial charge in [-0.05, 0) is 0 Å². The van der Waals surface area contributed by atoms with Crippen molar-refractivity contribution >= 4 is 0 Å². The van der Waals surface area contributed by atoms with Gasteiger partial charge < -0.3 is 0 Å². The fourth-order valence-corrected chi connectivity index (χ4v) is 0. The van der Waals surface area contributed by atoms with E-state index in [1.807, 2.05) is 0 Å². The van der Waals surface area contributed by atoms with Crippen molar-refractivity contribution in [3.63, 3.8) is 0 Å². The summed E-state index contributed by atoms with van der Waals surface area (Å²) in [6.07, 6.45) is 0. The van der Waals surface area contributed by atoms with E-state index in [9.17, 15) is 0 Å². The molecule has 0 fully saturated rings. The average molecular weight is 250 g/mol. The molecule has 0 saturated heterocycles. The van der Waals surface area contributed by atoms with Crippen molar-refractivity contribution in [1.82, 2.24) is 0 Å². The molecule has 0 amide bonds. The van der Waals surface area contributed by atoms with E-state index in [0.717, 1.165) is 0 Å². The van der Waals surface area contributed by atoms with Gasteiger partial charge in [0.15, 0.2) is 0 Å². The fraction of sp³-hybridized carbons (Fsp3) is 1.00. The van der Waals surface area contributed by atoms with Crippen LogP contribution in [0.2, 0.25) is 4.18 Å². The van der Waals surface area contributed by atoms with Gasteiger partial charge in [-0.3, -0.25) is 0 Å². The van der Waals surface area contributed by atoms with Crippen molar-refractivity contribution < 1.29 is 24.4 Å². The van der Waals surface area contributed by atoms with Gasteiger partial charge in [0.25, 0.3) is 0 Å². The van der Waals surface area contributed by atoms with E-state index >= 15 is 0 Å². The molecule has 0 saturated carbocycles. The zero-order valence-electron chi connectivity index (χ0n) is 4.71. The van der Waals surface area contributed by atoms with Crippen molar-refractivity contribution in [1.29, 1.82) is 0 Å². The number of rotatable bonds is 0. The zero-order chi connectivity index (χ0) is 5.21. The maximum absolute atomic E-state index is 2.28. The van der Waals surface area contributed by atoms with Gasteiger partial charge in [0.05, 0.1) is 0 Å². The Labute approximate surface area is 54.9 Å². The molecular formula is C5H11Hf. The normalized spacial score (nSPS) is 11.7. The van der Waals surface area contributed by atoms with Crippen LogP contribution in [0, 0.1) is 5.41 Å². The number of hydrogen-bond acceptors (Lipinski definition) is 0. The summed E-state index contributed by atoms with van der Waals surface area (Å²) >= 11 is 1.35. The van der Waals surface area contributed by atoms with E-state index in [0.29, 0.717) is 5.41 Å². The summed E-state index contributed by atoms with van der Waals surface area (Å²) in [6.45, 7) is 6.83. The summed E-state index contributed by atoms with van der Waals surface area (Å²) in [5.74, 6) is 0. The monoisotopic (exact) mass is 251 g/mol. The van der Waals surface area contributed by atoms with Crippen molar-refractivity contribution in [2.45, 2.75) is 24.9 Å². The average Bonchev–Trinajstić information content (AvgIpc) is 1.35. The van der Waals surface area contributed by atoms with Gasteiger partial charge >= 0.3 is 54.7 Å². The van der Waals surface area contributed by atoms with E-state index in [2.05, 4.69) is 20.8 Å². The van der Waals surface area contributed by atoms with Gasteiger partial charge in [-0.25, -0.2) is 0 Å². The Bertz CT molecular complexity index is 33.7. The first kappa shape index (κ1) is 6.87. The minimum atomic E-state index is 0.603. The molecule has 0 unspecified atom stereocenters. The first-order chi connectivity index (χ1) is 2.56. The third-order valence-corrected chi connectivity index (χ3v) is 4.34. The topological polar surface area (TPSA) is 0 Å². The molecular weight excluding hydrogens is 239 g/mol. The molecule has 0 radical (unpaired) electrons. The van der Waals surface area contributed by atoms with E-state index in [4.69, 9.17) is 0 Å². The predicted molar refractivity (Wildman–Crippen MR) is 24.3 cm³/mol. The molecule has 0 nitrogen and oxygen atoms in total. The Kier molecular flexibility index (Phi) is 2.57. The van der Waals surface area contributed by atoms with Gasteiger partial charge in [-0.15, -0.1) is 0 Å². The summed E-state index contributed by atoms with van der Waals surface area (Å²) in [4.78, 5) is 0. The van der Waals surface area contributed by atoms with Crippen LogP contribution >= 0.6 is 0 Å². The van der Waals surface area contributed by atoms with Crippen LogP contribution < -0.4 is 0 Å². The van der Waals surface area contributed by atoms with Crippen LogP contribution in [-0.4, -0.2) is 0 Å². The minimum absolute atomic E-state index is 0.603. The fourth-order valence-electron chi connectivity index (χ4n) is 0.